The third-order valence-corrected chi connectivity index (χ3v) is 3.89. The van der Waals surface area contributed by atoms with Gasteiger partial charge in [0, 0.05) is 30.2 Å². The topological polar surface area (TPSA) is 69.6 Å². The molecule has 7 heteroatoms. The molecule has 0 bridgehead atoms. The number of carbonyl (C=O) groups is 2. The van der Waals surface area contributed by atoms with E-state index in [9.17, 15) is 14.0 Å². The number of nitrogens with zero attached hydrogens (tertiary/aromatic N) is 1. The van der Waals surface area contributed by atoms with Crippen LogP contribution in [0.3, 0.4) is 0 Å². The summed E-state index contributed by atoms with van der Waals surface area (Å²) in [5, 5.41) is 2.67. The standard InChI is InChI=1S/C19H23FN2O4/c1-12(10-25-4)21-18(23)11-26-19(24)17-9-13(2)22(14(17)3)16-7-5-15(20)6-8-16/h5-9,12H,10-11H2,1-4H3,(H,21,23)/t12-/m0/s1. The number of carbonyl (C=O) groups excluding carboxylic acids is 2. The first kappa shape index (κ1) is 19.7. The molecule has 2 rings (SSSR count). The molecule has 2 aromatic rings. The number of ether oxygens (including phenoxy) is 2. The lowest BCUT2D eigenvalue weighted by Gasteiger charge is -2.13. The van der Waals surface area contributed by atoms with Gasteiger partial charge in [-0.25, -0.2) is 9.18 Å². The summed E-state index contributed by atoms with van der Waals surface area (Å²) in [6, 6.07) is 7.50. The number of esters is 1. The van der Waals surface area contributed by atoms with Crippen LogP contribution in [0.4, 0.5) is 4.39 Å². The van der Waals surface area contributed by atoms with Gasteiger partial charge in [0.1, 0.15) is 5.82 Å². The average molecular weight is 362 g/mol. The van der Waals surface area contributed by atoms with Crippen LogP contribution in [-0.4, -0.2) is 42.8 Å². The zero-order valence-electron chi connectivity index (χ0n) is 15.3. The largest absolute Gasteiger partial charge is 0.452 e. The maximum Gasteiger partial charge on any atom is 0.340 e. The van der Waals surface area contributed by atoms with Crippen molar-refractivity contribution in [2.45, 2.75) is 26.8 Å². The summed E-state index contributed by atoms with van der Waals surface area (Å²) in [7, 11) is 1.54. The molecule has 0 radical (unpaired) electrons. The van der Waals surface area contributed by atoms with Crippen molar-refractivity contribution < 1.29 is 23.5 Å². The Labute approximate surface area is 151 Å². The SMILES string of the molecule is COC[C@H](C)NC(=O)COC(=O)c1cc(C)n(-c2ccc(F)cc2)c1C. The zero-order valence-corrected chi connectivity index (χ0v) is 15.3. The van der Waals surface area contributed by atoms with Crippen molar-refractivity contribution >= 4 is 11.9 Å². The van der Waals surface area contributed by atoms with Crippen molar-refractivity contribution in [1.29, 1.82) is 0 Å². The minimum absolute atomic E-state index is 0.172. The molecule has 1 amide bonds. The molecule has 1 atom stereocenters. The van der Waals surface area contributed by atoms with E-state index >= 15 is 0 Å². The molecule has 0 aliphatic carbocycles. The number of aryl methyl sites for hydroxylation is 1. The highest BCUT2D eigenvalue weighted by molar-refractivity contribution is 5.93. The summed E-state index contributed by atoms with van der Waals surface area (Å²) >= 11 is 0. The molecule has 6 nitrogen and oxygen atoms in total. The summed E-state index contributed by atoms with van der Waals surface area (Å²) in [4.78, 5) is 24.1. The first-order valence-corrected chi connectivity index (χ1v) is 8.23. The predicted octanol–water partition coefficient (Wildman–Crippen LogP) is 2.54. The molecule has 0 saturated heterocycles. The van der Waals surface area contributed by atoms with Crippen molar-refractivity contribution in [2.75, 3.05) is 20.3 Å². The number of halogens is 1. The molecule has 0 aliphatic rings. The van der Waals surface area contributed by atoms with Crippen LogP contribution in [0.15, 0.2) is 30.3 Å². The summed E-state index contributed by atoms with van der Waals surface area (Å²) in [6.45, 7) is 5.41. The van der Waals surface area contributed by atoms with Crippen LogP contribution in [0.25, 0.3) is 5.69 Å². The Morgan fingerprint density at radius 2 is 1.88 bits per heavy atom. The van der Waals surface area contributed by atoms with Gasteiger partial charge in [0.15, 0.2) is 6.61 Å². The van der Waals surface area contributed by atoms with Gasteiger partial charge < -0.3 is 19.4 Å². The van der Waals surface area contributed by atoms with Crippen molar-refractivity contribution in [3.05, 3.63) is 53.1 Å². The van der Waals surface area contributed by atoms with E-state index in [0.717, 1.165) is 11.4 Å². The minimum atomic E-state index is -0.582. The van der Waals surface area contributed by atoms with Gasteiger partial charge in [0.05, 0.1) is 12.2 Å². The fourth-order valence-electron chi connectivity index (χ4n) is 2.77. The molecule has 1 aromatic carbocycles. The third-order valence-electron chi connectivity index (χ3n) is 3.89. The highest BCUT2D eigenvalue weighted by atomic mass is 19.1. The molecule has 1 N–H and O–H groups in total. The van der Waals surface area contributed by atoms with E-state index < -0.39 is 11.9 Å². The molecule has 0 fully saturated rings. The van der Waals surface area contributed by atoms with Gasteiger partial charge in [-0.15, -0.1) is 0 Å². The summed E-state index contributed by atoms with van der Waals surface area (Å²) < 4.78 is 25.0. The maximum atomic E-state index is 13.1. The second kappa shape index (κ2) is 8.62. The van der Waals surface area contributed by atoms with Crippen molar-refractivity contribution in [1.82, 2.24) is 9.88 Å². The lowest BCUT2D eigenvalue weighted by Crippen LogP contribution is -2.38. The Morgan fingerprint density at radius 1 is 1.23 bits per heavy atom. The quantitative estimate of drug-likeness (QED) is 0.769. The zero-order chi connectivity index (χ0) is 19.3. The lowest BCUT2D eigenvalue weighted by atomic mass is 10.2. The van der Waals surface area contributed by atoms with E-state index in [1.807, 2.05) is 11.5 Å². The van der Waals surface area contributed by atoms with Gasteiger partial charge >= 0.3 is 5.97 Å². The Kier molecular flexibility index (Phi) is 6.52. The van der Waals surface area contributed by atoms with E-state index in [-0.39, 0.29) is 18.5 Å². The Morgan fingerprint density at radius 3 is 2.50 bits per heavy atom. The highest BCUT2D eigenvalue weighted by Crippen LogP contribution is 2.21. The van der Waals surface area contributed by atoms with Gasteiger partial charge in [-0.1, -0.05) is 0 Å². The molecule has 0 aliphatic heterocycles. The monoisotopic (exact) mass is 362 g/mol. The highest BCUT2D eigenvalue weighted by Gasteiger charge is 2.19. The number of rotatable bonds is 7. The van der Waals surface area contributed by atoms with Gasteiger partial charge in [-0.2, -0.15) is 0 Å². The van der Waals surface area contributed by atoms with E-state index in [1.54, 1.807) is 39.2 Å². The first-order chi connectivity index (χ1) is 12.3. The third kappa shape index (κ3) is 4.70. The maximum absolute atomic E-state index is 13.1. The number of benzene rings is 1. The summed E-state index contributed by atoms with van der Waals surface area (Å²) in [5.74, 6) is -1.30. The number of methoxy groups -OCH3 is 1. The Hall–Kier alpha value is -2.67. The van der Waals surface area contributed by atoms with Crippen molar-refractivity contribution in [3.8, 4) is 5.69 Å². The van der Waals surface area contributed by atoms with E-state index in [0.29, 0.717) is 17.9 Å². The molecule has 0 spiro atoms. The second-order valence-electron chi connectivity index (χ2n) is 6.10. The van der Waals surface area contributed by atoms with Gasteiger partial charge in [-0.3, -0.25) is 4.79 Å². The summed E-state index contributed by atoms with van der Waals surface area (Å²) in [6.07, 6.45) is 0. The molecule has 1 heterocycles. The molecule has 0 unspecified atom stereocenters. The first-order valence-electron chi connectivity index (χ1n) is 8.23. The molecular weight excluding hydrogens is 339 g/mol. The van der Waals surface area contributed by atoms with Crippen LogP contribution >= 0.6 is 0 Å². The minimum Gasteiger partial charge on any atom is -0.452 e. The second-order valence-corrected chi connectivity index (χ2v) is 6.10. The molecule has 1 aromatic heterocycles. The molecular formula is C19H23FN2O4. The van der Waals surface area contributed by atoms with Crippen LogP contribution < -0.4 is 5.32 Å². The van der Waals surface area contributed by atoms with Crippen LogP contribution in [0, 0.1) is 19.7 Å². The van der Waals surface area contributed by atoms with Crippen LogP contribution in [0.5, 0.6) is 0 Å². The van der Waals surface area contributed by atoms with Crippen LogP contribution in [0.2, 0.25) is 0 Å². The molecule has 140 valence electrons. The normalized spacial score (nSPS) is 11.9. The van der Waals surface area contributed by atoms with Crippen LogP contribution in [0.1, 0.15) is 28.7 Å². The fraction of sp³-hybridized carbons (Fsp3) is 0.368. The van der Waals surface area contributed by atoms with E-state index in [1.165, 1.54) is 12.1 Å². The number of aromatic nitrogens is 1. The van der Waals surface area contributed by atoms with E-state index in [2.05, 4.69) is 5.32 Å². The lowest BCUT2D eigenvalue weighted by molar-refractivity contribution is -0.125. The smallest absolute Gasteiger partial charge is 0.340 e. The summed E-state index contributed by atoms with van der Waals surface area (Å²) in [5.41, 5.74) is 2.57. The van der Waals surface area contributed by atoms with Gasteiger partial charge in [0.25, 0.3) is 5.91 Å². The average Bonchev–Trinajstić information content (AvgIpc) is 2.88. The number of nitrogens with one attached hydrogen (secondary N) is 1. The molecule has 0 saturated carbocycles. The Bertz CT molecular complexity index is 784. The molecule has 26 heavy (non-hydrogen) atoms. The van der Waals surface area contributed by atoms with Crippen LogP contribution in [-0.2, 0) is 14.3 Å². The fourth-order valence-corrected chi connectivity index (χ4v) is 2.77. The number of hydrogen-bond acceptors (Lipinski definition) is 4. The number of hydrogen-bond donors (Lipinski definition) is 1. The Balaban J connectivity index is 2.07. The number of amides is 1. The van der Waals surface area contributed by atoms with E-state index in [4.69, 9.17) is 9.47 Å². The van der Waals surface area contributed by atoms with Crippen molar-refractivity contribution in [3.63, 3.8) is 0 Å². The van der Waals surface area contributed by atoms with Crippen molar-refractivity contribution in [2.24, 2.45) is 0 Å². The van der Waals surface area contributed by atoms with Gasteiger partial charge in [0.2, 0.25) is 0 Å². The predicted molar refractivity (Wildman–Crippen MR) is 95.0 cm³/mol. The van der Waals surface area contributed by atoms with Gasteiger partial charge in [-0.05, 0) is 51.1 Å².